The van der Waals surface area contributed by atoms with Gasteiger partial charge in [-0.1, -0.05) is 48.0 Å². The van der Waals surface area contributed by atoms with Gasteiger partial charge < -0.3 is 9.72 Å². The summed E-state index contributed by atoms with van der Waals surface area (Å²) in [4.78, 5) is 15.2. The number of H-pyrrole nitrogens is 1. The van der Waals surface area contributed by atoms with Crippen LogP contribution in [0.25, 0.3) is 22.4 Å². The fraction of sp³-hybridized carbons (Fsp3) is 0.100. The Hall–Kier alpha value is -3.32. The number of nitriles is 1. The van der Waals surface area contributed by atoms with E-state index in [2.05, 4.69) is 4.98 Å². The number of ether oxygens (including phenoxy) is 1. The van der Waals surface area contributed by atoms with E-state index < -0.39 is 5.56 Å². The third kappa shape index (κ3) is 2.80. The molecule has 1 heterocycles. The quantitative estimate of drug-likeness (QED) is 0.797. The van der Waals surface area contributed by atoms with Crippen LogP contribution in [0.3, 0.4) is 0 Å². The van der Waals surface area contributed by atoms with Crippen LogP contribution in [0.5, 0.6) is 5.75 Å². The van der Waals surface area contributed by atoms with Crippen LogP contribution in [0.2, 0.25) is 0 Å². The topological polar surface area (TPSA) is 65.9 Å². The lowest BCUT2D eigenvalue weighted by atomic mass is 9.98. The van der Waals surface area contributed by atoms with E-state index in [1.165, 1.54) is 0 Å². The second-order valence-electron chi connectivity index (χ2n) is 5.48. The smallest absolute Gasteiger partial charge is 0.266 e. The molecule has 3 rings (SSSR count). The molecule has 0 radical (unpaired) electrons. The van der Waals surface area contributed by atoms with Crippen LogP contribution in [0.4, 0.5) is 0 Å². The number of hydrogen-bond donors (Lipinski definition) is 1. The van der Waals surface area contributed by atoms with Gasteiger partial charge in [-0.2, -0.15) is 5.26 Å². The largest absolute Gasteiger partial charge is 0.496 e. The highest BCUT2D eigenvalue weighted by Gasteiger charge is 2.15. The Morgan fingerprint density at radius 1 is 1.04 bits per heavy atom. The molecule has 0 aliphatic heterocycles. The number of rotatable bonds is 3. The third-order valence-corrected chi connectivity index (χ3v) is 3.90. The van der Waals surface area contributed by atoms with Gasteiger partial charge >= 0.3 is 0 Å². The van der Waals surface area contributed by atoms with Gasteiger partial charge in [0.15, 0.2) is 0 Å². The maximum absolute atomic E-state index is 12.4. The predicted molar refractivity (Wildman–Crippen MR) is 93.9 cm³/mol. The Labute approximate surface area is 140 Å². The standard InChI is InChI=1S/C20H16N2O2/c1-13-7-9-14(10-8-13)18-11-16(17(12-21)20(23)22-18)15-5-3-4-6-19(15)24-2/h3-11H,1-2H3,(H,22,23). The number of benzene rings is 2. The minimum absolute atomic E-state index is 0.0790. The number of methoxy groups -OCH3 is 1. The first-order valence-corrected chi connectivity index (χ1v) is 7.52. The van der Waals surface area contributed by atoms with Gasteiger partial charge in [-0.15, -0.1) is 0 Å². The fourth-order valence-electron chi connectivity index (χ4n) is 2.64. The monoisotopic (exact) mass is 316 g/mol. The highest BCUT2D eigenvalue weighted by atomic mass is 16.5. The van der Waals surface area contributed by atoms with Crippen LogP contribution in [-0.4, -0.2) is 12.1 Å². The first-order valence-electron chi connectivity index (χ1n) is 7.52. The van der Waals surface area contributed by atoms with E-state index in [1.807, 2.05) is 67.6 Å². The molecule has 0 amide bonds. The fourth-order valence-corrected chi connectivity index (χ4v) is 2.64. The number of nitrogens with zero attached hydrogens (tertiary/aromatic N) is 1. The number of pyridine rings is 1. The molecule has 0 fully saturated rings. The highest BCUT2D eigenvalue weighted by Crippen LogP contribution is 2.32. The van der Waals surface area contributed by atoms with Gasteiger partial charge in [0, 0.05) is 16.8 Å². The predicted octanol–water partition coefficient (Wildman–Crippen LogP) is 3.90. The van der Waals surface area contributed by atoms with E-state index in [4.69, 9.17) is 4.74 Å². The maximum Gasteiger partial charge on any atom is 0.266 e. The Kier molecular flexibility index (Phi) is 4.17. The number of para-hydroxylation sites is 1. The first-order chi connectivity index (χ1) is 11.6. The summed E-state index contributed by atoms with van der Waals surface area (Å²) in [7, 11) is 1.57. The molecule has 3 aromatic rings. The van der Waals surface area contributed by atoms with Crippen molar-refractivity contribution in [2.75, 3.05) is 7.11 Å². The lowest BCUT2D eigenvalue weighted by Gasteiger charge is -2.11. The van der Waals surface area contributed by atoms with E-state index >= 15 is 0 Å². The van der Waals surface area contributed by atoms with E-state index in [-0.39, 0.29) is 5.56 Å². The Bertz CT molecular complexity index is 980. The zero-order chi connectivity index (χ0) is 17.1. The number of hydrogen-bond acceptors (Lipinski definition) is 3. The molecule has 24 heavy (non-hydrogen) atoms. The van der Waals surface area contributed by atoms with Gasteiger partial charge in [0.2, 0.25) is 0 Å². The van der Waals surface area contributed by atoms with Crippen molar-refractivity contribution in [2.24, 2.45) is 0 Å². The SMILES string of the molecule is COc1ccccc1-c1cc(-c2ccc(C)cc2)[nH]c(=O)c1C#N. The summed E-state index contributed by atoms with van der Waals surface area (Å²) < 4.78 is 5.38. The van der Waals surface area contributed by atoms with Gasteiger partial charge in [0.25, 0.3) is 5.56 Å². The van der Waals surface area contributed by atoms with E-state index in [9.17, 15) is 10.1 Å². The van der Waals surface area contributed by atoms with Crippen LogP contribution < -0.4 is 10.3 Å². The van der Waals surface area contributed by atoms with Crippen LogP contribution in [0, 0.1) is 18.3 Å². The zero-order valence-electron chi connectivity index (χ0n) is 13.5. The maximum atomic E-state index is 12.4. The number of aryl methyl sites for hydroxylation is 1. The lowest BCUT2D eigenvalue weighted by Crippen LogP contribution is -2.12. The summed E-state index contributed by atoms with van der Waals surface area (Å²) in [6.45, 7) is 2.01. The summed E-state index contributed by atoms with van der Waals surface area (Å²) in [5.74, 6) is 0.620. The lowest BCUT2D eigenvalue weighted by molar-refractivity contribution is 0.416. The van der Waals surface area contributed by atoms with E-state index in [1.54, 1.807) is 7.11 Å². The zero-order valence-corrected chi connectivity index (χ0v) is 13.5. The first kappa shape index (κ1) is 15.6. The van der Waals surface area contributed by atoms with Crippen molar-refractivity contribution in [2.45, 2.75) is 6.92 Å². The summed E-state index contributed by atoms with van der Waals surface area (Å²) in [6, 6.07) is 19.0. The number of aromatic nitrogens is 1. The molecule has 4 nitrogen and oxygen atoms in total. The molecular formula is C20H16N2O2. The number of nitrogens with one attached hydrogen (secondary N) is 1. The van der Waals surface area contributed by atoms with Crippen molar-refractivity contribution in [3.05, 3.63) is 76.1 Å². The molecule has 1 aromatic heterocycles. The second kappa shape index (κ2) is 6.43. The van der Waals surface area contributed by atoms with Gasteiger partial charge in [0.1, 0.15) is 17.4 Å². The molecule has 2 aromatic carbocycles. The molecule has 0 aliphatic carbocycles. The van der Waals surface area contributed by atoms with Gasteiger partial charge in [-0.3, -0.25) is 4.79 Å². The average Bonchev–Trinajstić information content (AvgIpc) is 2.61. The van der Waals surface area contributed by atoms with Crippen molar-refractivity contribution < 1.29 is 4.74 Å². The second-order valence-corrected chi connectivity index (χ2v) is 5.48. The van der Waals surface area contributed by atoms with E-state index in [0.717, 1.165) is 16.7 Å². The highest BCUT2D eigenvalue weighted by molar-refractivity contribution is 5.79. The van der Waals surface area contributed by atoms with Crippen molar-refractivity contribution in [3.63, 3.8) is 0 Å². The van der Waals surface area contributed by atoms with Crippen LogP contribution in [0.15, 0.2) is 59.4 Å². The normalized spacial score (nSPS) is 10.2. The molecule has 0 unspecified atom stereocenters. The molecule has 118 valence electrons. The molecule has 0 aliphatic rings. The summed E-state index contributed by atoms with van der Waals surface area (Å²) in [5, 5.41) is 9.41. The summed E-state index contributed by atoms with van der Waals surface area (Å²) in [5.41, 5.74) is 3.65. The molecule has 0 saturated heterocycles. The van der Waals surface area contributed by atoms with Crippen molar-refractivity contribution in [3.8, 4) is 34.2 Å². The van der Waals surface area contributed by atoms with Gasteiger partial charge in [-0.25, -0.2) is 0 Å². The van der Waals surface area contributed by atoms with Crippen LogP contribution >= 0.6 is 0 Å². The average molecular weight is 316 g/mol. The van der Waals surface area contributed by atoms with Crippen molar-refractivity contribution in [1.82, 2.24) is 4.98 Å². The van der Waals surface area contributed by atoms with E-state index in [0.29, 0.717) is 17.0 Å². The molecule has 0 atom stereocenters. The molecule has 0 bridgehead atoms. The Morgan fingerprint density at radius 2 is 1.75 bits per heavy atom. The van der Waals surface area contributed by atoms with Gasteiger partial charge in [0.05, 0.1) is 7.11 Å². The molecule has 4 heteroatoms. The minimum Gasteiger partial charge on any atom is -0.496 e. The van der Waals surface area contributed by atoms with Gasteiger partial charge in [-0.05, 0) is 24.6 Å². The molecule has 0 spiro atoms. The Balaban J connectivity index is 2.27. The third-order valence-electron chi connectivity index (χ3n) is 3.90. The minimum atomic E-state index is -0.406. The van der Waals surface area contributed by atoms with Crippen molar-refractivity contribution in [1.29, 1.82) is 5.26 Å². The molecular weight excluding hydrogens is 300 g/mol. The molecule has 1 N–H and O–H groups in total. The van der Waals surface area contributed by atoms with Crippen LogP contribution in [0.1, 0.15) is 11.1 Å². The van der Waals surface area contributed by atoms with Crippen molar-refractivity contribution >= 4 is 0 Å². The van der Waals surface area contributed by atoms with Crippen LogP contribution in [-0.2, 0) is 0 Å². The molecule has 0 saturated carbocycles. The Morgan fingerprint density at radius 3 is 2.42 bits per heavy atom. The summed E-state index contributed by atoms with van der Waals surface area (Å²) in [6.07, 6.45) is 0. The summed E-state index contributed by atoms with van der Waals surface area (Å²) >= 11 is 0. The number of aromatic amines is 1.